The molecule has 2 N–H and O–H groups in total. The first-order chi connectivity index (χ1) is 7.69. The van der Waals surface area contributed by atoms with Crippen LogP contribution in [-0.2, 0) is 11.4 Å². The zero-order chi connectivity index (χ0) is 11.5. The third kappa shape index (κ3) is 2.14. The molecule has 0 bridgehead atoms. The van der Waals surface area contributed by atoms with E-state index in [1.165, 1.54) is 6.92 Å². The zero-order valence-corrected chi connectivity index (χ0v) is 8.77. The van der Waals surface area contributed by atoms with E-state index in [1.807, 2.05) is 12.1 Å². The lowest BCUT2D eigenvalue weighted by Crippen LogP contribution is -2.07. The summed E-state index contributed by atoms with van der Waals surface area (Å²) in [5.74, 6) is 0.285. The predicted octanol–water partition coefficient (Wildman–Crippen LogP) is 1.08. The molecule has 0 unspecified atom stereocenters. The van der Waals surface area contributed by atoms with Crippen LogP contribution in [0.15, 0.2) is 24.3 Å². The molecule has 0 saturated heterocycles. The molecule has 0 saturated carbocycles. The van der Waals surface area contributed by atoms with E-state index in [0.29, 0.717) is 17.2 Å². The highest BCUT2D eigenvalue weighted by Crippen LogP contribution is 2.13. The Morgan fingerprint density at radius 3 is 2.75 bits per heavy atom. The minimum atomic E-state index is -0.176. The van der Waals surface area contributed by atoms with Crippen molar-refractivity contribution in [2.24, 2.45) is 0 Å². The molecule has 2 rings (SSSR count). The Hall–Kier alpha value is -2.01. The lowest BCUT2D eigenvalue weighted by Gasteiger charge is -2.03. The van der Waals surface area contributed by atoms with E-state index < -0.39 is 0 Å². The van der Waals surface area contributed by atoms with Gasteiger partial charge in [-0.2, -0.15) is 0 Å². The number of carbonyl (C=O) groups is 1. The van der Waals surface area contributed by atoms with Crippen LogP contribution >= 0.6 is 0 Å². The average molecular weight is 217 g/mol. The summed E-state index contributed by atoms with van der Waals surface area (Å²) >= 11 is 0. The molecule has 5 nitrogen and oxygen atoms in total. The van der Waals surface area contributed by atoms with Crippen molar-refractivity contribution in [1.29, 1.82) is 0 Å². The Labute approximate surface area is 92.2 Å². The fourth-order valence-electron chi connectivity index (χ4n) is 1.38. The molecule has 0 fully saturated rings. The van der Waals surface area contributed by atoms with Crippen LogP contribution in [0.2, 0.25) is 0 Å². The van der Waals surface area contributed by atoms with Gasteiger partial charge < -0.3 is 10.4 Å². The quantitative estimate of drug-likeness (QED) is 0.789. The maximum Gasteiger partial charge on any atom is 0.222 e. The molecule has 16 heavy (non-hydrogen) atoms. The summed E-state index contributed by atoms with van der Waals surface area (Å²) in [6.07, 6.45) is 0. The van der Waals surface area contributed by atoms with Crippen LogP contribution in [0, 0.1) is 0 Å². The van der Waals surface area contributed by atoms with Crippen LogP contribution in [-0.4, -0.2) is 21.0 Å². The molecule has 0 aliphatic heterocycles. The molecule has 5 heteroatoms. The Morgan fingerprint density at radius 1 is 1.31 bits per heavy atom. The minimum absolute atomic E-state index is 0.123. The Balaban J connectivity index is 2.46. The molecule has 0 aromatic carbocycles. The molecule has 0 spiro atoms. The van der Waals surface area contributed by atoms with Gasteiger partial charge in [-0.1, -0.05) is 0 Å². The average Bonchev–Trinajstić information content (AvgIpc) is 2.27. The van der Waals surface area contributed by atoms with Crippen molar-refractivity contribution < 1.29 is 9.90 Å². The number of amides is 1. The lowest BCUT2D eigenvalue weighted by atomic mass is 10.2. The van der Waals surface area contributed by atoms with Crippen LogP contribution in [0.5, 0.6) is 0 Å². The van der Waals surface area contributed by atoms with Gasteiger partial charge in [-0.15, -0.1) is 0 Å². The first kappa shape index (κ1) is 10.5. The molecule has 0 atom stereocenters. The number of pyridine rings is 2. The van der Waals surface area contributed by atoms with Crippen molar-refractivity contribution in [1.82, 2.24) is 9.97 Å². The van der Waals surface area contributed by atoms with Crippen LogP contribution in [0.4, 0.5) is 5.82 Å². The first-order valence-electron chi connectivity index (χ1n) is 4.84. The molecule has 1 amide bonds. The summed E-state index contributed by atoms with van der Waals surface area (Å²) in [5.41, 5.74) is 1.07. The number of hydrogen-bond acceptors (Lipinski definition) is 4. The second-order valence-electron chi connectivity index (χ2n) is 3.39. The molecular formula is C11H11N3O2. The fourth-order valence-corrected chi connectivity index (χ4v) is 1.38. The number of aliphatic hydroxyl groups is 1. The summed E-state index contributed by atoms with van der Waals surface area (Å²) in [4.78, 5) is 19.2. The van der Waals surface area contributed by atoms with Gasteiger partial charge in [0.25, 0.3) is 0 Å². The van der Waals surface area contributed by atoms with Crippen molar-refractivity contribution >= 4 is 22.8 Å². The number of hydrogen-bond donors (Lipinski definition) is 2. The van der Waals surface area contributed by atoms with Gasteiger partial charge in [0.2, 0.25) is 5.91 Å². The molecule has 2 aromatic heterocycles. The molecule has 2 heterocycles. The van der Waals surface area contributed by atoms with Crippen molar-refractivity contribution in [2.75, 3.05) is 5.32 Å². The van der Waals surface area contributed by atoms with Gasteiger partial charge in [-0.25, -0.2) is 9.97 Å². The number of nitrogens with zero attached hydrogens (tertiary/aromatic N) is 2. The summed E-state index contributed by atoms with van der Waals surface area (Å²) in [5, 5.41) is 12.4. The van der Waals surface area contributed by atoms with Gasteiger partial charge in [0.1, 0.15) is 5.82 Å². The van der Waals surface area contributed by atoms with Gasteiger partial charge in [-0.05, 0) is 24.3 Å². The fraction of sp³-hybridized carbons (Fsp3) is 0.182. The zero-order valence-electron chi connectivity index (χ0n) is 8.77. The Bertz CT molecular complexity index is 540. The smallest absolute Gasteiger partial charge is 0.222 e. The van der Waals surface area contributed by atoms with Crippen LogP contribution < -0.4 is 5.32 Å². The van der Waals surface area contributed by atoms with Crippen molar-refractivity contribution in [3.63, 3.8) is 0 Å². The van der Waals surface area contributed by atoms with E-state index in [9.17, 15) is 4.79 Å². The molecule has 2 aromatic rings. The molecule has 0 aliphatic rings. The monoisotopic (exact) mass is 217 g/mol. The Kier molecular flexibility index (Phi) is 2.78. The summed E-state index contributed by atoms with van der Waals surface area (Å²) in [6.45, 7) is 1.30. The van der Waals surface area contributed by atoms with Crippen LogP contribution in [0.3, 0.4) is 0 Å². The molecule has 0 aliphatic carbocycles. The first-order valence-corrected chi connectivity index (χ1v) is 4.84. The minimum Gasteiger partial charge on any atom is -0.390 e. The maximum atomic E-state index is 10.9. The SMILES string of the molecule is CC(=O)Nc1ccc2ccc(CO)nc2n1. The summed E-state index contributed by atoms with van der Waals surface area (Å²) < 4.78 is 0. The van der Waals surface area contributed by atoms with E-state index in [4.69, 9.17) is 5.11 Å². The van der Waals surface area contributed by atoms with Gasteiger partial charge in [0.15, 0.2) is 5.65 Å². The van der Waals surface area contributed by atoms with Crippen LogP contribution in [0.25, 0.3) is 11.0 Å². The highest BCUT2D eigenvalue weighted by molar-refractivity contribution is 5.89. The standard InChI is InChI=1S/C11H11N3O2/c1-7(16)12-10-5-3-8-2-4-9(6-15)13-11(8)14-10/h2-5,15H,6H2,1H3,(H,12,13,14,16). The van der Waals surface area contributed by atoms with Gasteiger partial charge in [-0.3, -0.25) is 4.79 Å². The number of rotatable bonds is 2. The Morgan fingerprint density at radius 2 is 2.06 bits per heavy atom. The van der Waals surface area contributed by atoms with E-state index in [0.717, 1.165) is 5.39 Å². The van der Waals surface area contributed by atoms with E-state index in [2.05, 4.69) is 15.3 Å². The number of carbonyl (C=O) groups excluding carboxylic acids is 1. The molecule has 0 radical (unpaired) electrons. The predicted molar refractivity (Wildman–Crippen MR) is 59.8 cm³/mol. The van der Waals surface area contributed by atoms with Crippen LogP contribution in [0.1, 0.15) is 12.6 Å². The second-order valence-corrected chi connectivity index (χ2v) is 3.39. The van der Waals surface area contributed by atoms with Crippen molar-refractivity contribution in [2.45, 2.75) is 13.5 Å². The van der Waals surface area contributed by atoms with Crippen molar-refractivity contribution in [3.8, 4) is 0 Å². The van der Waals surface area contributed by atoms with E-state index in [1.54, 1.807) is 12.1 Å². The topological polar surface area (TPSA) is 75.1 Å². The normalized spacial score (nSPS) is 10.4. The van der Waals surface area contributed by atoms with E-state index in [-0.39, 0.29) is 12.5 Å². The number of nitrogens with one attached hydrogen (secondary N) is 1. The molecule has 82 valence electrons. The number of aromatic nitrogens is 2. The lowest BCUT2D eigenvalue weighted by molar-refractivity contribution is -0.114. The largest absolute Gasteiger partial charge is 0.390 e. The third-order valence-electron chi connectivity index (χ3n) is 2.08. The van der Waals surface area contributed by atoms with Gasteiger partial charge >= 0.3 is 0 Å². The number of aliphatic hydroxyl groups excluding tert-OH is 1. The number of anilines is 1. The highest BCUT2D eigenvalue weighted by Gasteiger charge is 2.02. The number of fused-ring (bicyclic) bond motifs is 1. The summed E-state index contributed by atoms with van der Waals surface area (Å²) in [6, 6.07) is 7.10. The van der Waals surface area contributed by atoms with Crippen molar-refractivity contribution in [3.05, 3.63) is 30.0 Å². The summed E-state index contributed by atoms with van der Waals surface area (Å²) in [7, 11) is 0. The van der Waals surface area contributed by atoms with Gasteiger partial charge in [0.05, 0.1) is 12.3 Å². The maximum absolute atomic E-state index is 10.9. The molecular weight excluding hydrogens is 206 g/mol. The van der Waals surface area contributed by atoms with Gasteiger partial charge in [0, 0.05) is 12.3 Å². The highest BCUT2D eigenvalue weighted by atomic mass is 16.3. The second kappa shape index (κ2) is 4.24. The van der Waals surface area contributed by atoms with E-state index >= 15 is 0 Å². The third-order valence-corrected chi connectivity index (χ3v) is 2.08.